The summed E-state index contributed by atoms with van der Waals surface area (Å²) < 4.78 is 11.5. The number of halogens is 1. The van der Waals surface area contributed by atoms with Crippen molar-refractivity contribution in [3.05, 3.63) is 58.1 Å². The summed E-state index contributed by atoms with van der Waals surface area (Å²) in [4.78, 5) is 13.0. The number of aliphatic hydroxyl groups is 3. The number of rotatable bonds is 6. The average molecular weight is 464 g/mol. The molecule has 9 heteroatoms. The lowest BCUT2D eigenvalue weighted by Gasteiger charge is -2.36. The molecule has 4 atom stereocenters. The summed E-state index contributed by atoms with van der Waals surface area (Å²) in [6.07, 6.45) is -2.75. The number of carboxylic acids is 1. The lowest BCUT2D eigenvalue weighted by molar-refractivity contribution is -0.181. The highest BCUT2D eigenvalue weighted by Gasteiger charge is 2.37. The maximum atomic E-state index is 11.2. The molecule has 2 aliphatic rings. The van der Waals surface area contributed by atoms with E-state index in [1.54, 1.807) is 11.0 Å². The molecule has 0 amide bonds. The predicted octanol–water partition coefficient (Wildman–Crippen LogP) is 1.76. The molecule has 0 spiro atoms. The number of anilines is 1. The predicted molar refractivity (Wildman–Crippen MR) is 117 cm³/mol. The van der Waals surface area contributed by atoms with Crippen molar-refractivity contribution in [3.8, 4) is 5.75 Å². The van der Waals surface area contributed by atoms with Crippen LogP contribution in [0, 0.1) is 0 Å². The fourth-order valence-electron chi connectivity index (χ4n) is 4.23. The first kappa shape index (κ1) is 22.8. The van der Waals surface area contributed by atoms with Crippen molar-refractivity contribution in [1.29, 1.82) is 0 Å². The number of ether oxygens (including phenoxy) is 2. The molecule has 4 unspecified atom stereocenters. The van der Waals surface area contributed by atoms with Gasteiger partial charge >= 0.3 is 5.97 Å². The van der Waals surface area contributed by atoms with E-state index in [2.05, 4.69) is 0 Å². The van der Waals surface area contributed by atoms with Crippen molar-refractivity contribution in [3.63, 3.8) is 0 Å². The third kappa shape index (κ3) is 4.84. The highest BCUT2D eigenvalue weighted by atomic mass is 35.5. The Morgan fingerprint density at radius 3 is 2.75 bits per heavy atom. The zero-order valence-corrected chi connectivity index (χ0v) is 18.1. The van der Waals surface area contributed by atoms with Crippen LogP contribution in [0.5, 0.6) is 5.75 Å². The van der Waals surface area contributed by atoms with E-state index in [9.17, 15) is 25.2 Å². The van der Waals surface area contributed by atoms with Crippen molar-refractivity contribution < 1.29 is 34.7 Å². The van der Waals surface area contributed by atoms with Gasteiger partial charge in [-0.15, -0.1) is 0 Å². The number of hydrogen-bond donors (Lipinski definition) is 4. The third-order valence-electron chi connectivity index (χ3n) is 5.89. The van der Waals surface area contributed by atoms with Crippen LogP contribution in [0.2, 0.25) is 5.02 Å². The van der Waals surface area contributed by atoms with E-state index in [-0.39, 0.29) is 19.6 Å². The zero-order valence-electron chi connectivity index (χ0n) is 17.4. The Morgan fingerprint density at radius 2 is 2.00 bits per heavy atom. The van der Waals surface area contributed by atoms with Crippen LogP contribution in [-0.4, -0.2) is 71.0 Å². The molecule has 2 heterocycles. The quantitative estimate of drug-likeness (QED) is 0.511. The molecule has 2 aliphatic heterocycles. The van der Waals surface area contributed by atoms with Crippen LogP contribution in [-0.2, 0) is 16.0 Å². The number of carboxylic acid groups (broad SMARTS) is 1. The Balaban J connectivity index is 1.57. The lowest BCUT2D eigenvalue weighted by atomic mass is 9.92. The molecule has 0 aliphatic carbocycles. The van der Waals surface area contributed by atoms with Crippen LogP contribution < -0.4 is 9.64 Å². The number of fused-ring (bicyclic) bond motifs is 1. The summed E-state index contributed by atoms with van der Waals surface area (Å²) in [6, 6.07) is 11.1. The molecule has 0 aromatic heterocycles. The molecule has 2 aromatic carbocycles. The Kier molecular flexibility index (Phi) is 6.88. The van der Waals surface area contributed by atoms with E-state index in [0.29, 0.717) is 30.3 Å². The number of carbonyl (C=O) groups is 1. The molecule has 32 heavy (non-hydrogen) atoms. The van der Waals surface area contributed by atoms with Gasteiger partial charge in [0.15, 0.2) is 0 Å². The fourth-order valence-corrected chi connectivity index (χ4v) is 4.41. The molecule has 1 fully saturated rings. The van der Waals surface area contributed by atoms with E-state index >= 15 is 0 Å². The van der Waals surface area contributed by atoms with Gasteiger partial charge in [0, 0.05) is 11.4 Å². The second kappa shape index (κ2) is 9.64. The molecule has 8 nitrogen and oxygen atoms in total. The Morgan fingerprint density at radius 1 is 1.19 bits per heavy atom. The summed E-state index contributed by atoms with van der Waals surface area (Å²) in [7, 11) is 0. The third-order valence-corrected chi connectivity index (χ3v) is 6.26. The van der Waals surface area contributed by atoms with Crippen molar-refractivity contribution >= 4 is 23.3 Å². The second-order valence-corrected chi connectivity index (χ2v) is 8.54. The molecular formula is C23H26ClNO7. The van der Waals surface area contributed by atoms with Gasteiger partial charge in [0.05, 0.1) is 31.0 Å². The topological polar surface area (TPSA) is 120 Å². The van der Waals surface area contributed by atoms with Gasteiger partial charge in [-0.25, -0.2) is 0 Å². The van der Waals surface area contributed by atoms with E-state index < -0.39 is 30.4 Å². The van der Waals surface area contributed by atoms with Crippen molar-refractivity contribution in [2.24, 2.45) is 0 Å². The maximum absolute atomic E-state index is 11.2. The average Bonchev–Trinajstić information content (AvgIpc) is 2.77. The minimum Gasteiger partial charge on any atom is -0.490 e. The van der Waals surface area contributed by atoms with E-state index in [1.165, 1.54) is 0 Å². The standard InChI is InChI=1S/C23H26ClNO7/c24-16-3-2-14(20-10-18(27)23(30)21(12-26)32-20)9-15(16)7-13-1-4-19-17(8-13)25(5-6-31-19)11-22(28)29/h1-4,8-9,18,20-21,23,26-27,30H,5-7,10-12H2,(H,28,29). The summed E-state index contributed by atoms with van der Waals surface area (Å²) in [6.45, 7) is 0.441. The number of hydrogen-bond acceptors (Lipinski definition) is 7. The van der Waals surface area contributed by atoms with Crippen LogP contribution in [0.4, 0.5) is 5.69 Å². The molecule has 4 N–H and O–H groups in total. The minimum absolute atomic E-state index is 0.102. The van der Waals surface area contributed by atoms with Crippen LogP contribution in [0.15, 0.2) is 36.4 Å². The van der Waals surface area contributed by atoms with Crippen molar-refractivity contribution in [1.82, 2.24) is 0 Å². The van der Waals surface area contributed by atoms with Crippen LogP contribution in [0.1, 0.15) is 29.2 Å². The first-order valence-corrected chi connectivity index (χ1v) is 10.9. The SMILES string of the molecule is O=C(O)CN1CCOc2ccc(Cc3cc(C4CC(O)C(O)C(CO)O4)ccc3Cl)cc21. The van der Waals surface area contributed by atoms with Gasteiger partial charge in [-0.05, 0) is 41.3 Å². The van der Waals surface area contributed by atoms with Crippen LogP contribution in [0.3, 0.4) is 0 Å². The summed E-state index contributed by atoms with van der Waals surface area (Å²) in [5, 5.41) is 39.3. The van der Waals surface area contributed by atoms with E-state index in [4.69, 9.17) is 21.1 Å². The second-order valence-electron chi connectivity index (χ2n) is 8.13. The highest BCUT2D eigenvalue weighted by Crippen LogP contribution is 2.36. The number of aliphatic hydroxyl groups excluding tert-OH is 3. The van der Waals surface area contributed by atoms with E-state index in [1.807, 2.05) is 30.3 Å². The molecule has 172 valence electrons. The van der Waals surface area contributed by atoms with E-state index in [0.717, 1.165) is 22.4 Å². The Labute approximate surface area is 190 Å². The van der Waals surface area contributed by atoms with Gasteiger partial charge in [-0.2, -0.15) is 0 Å². The molecule has 4 rings (SSSR count). The summed E-state index contributed by atoms with van der Waals surface area (Å²) in [5.41, 5.74) is 3.32. The maximum Gasteiger partial charge on any atom is 0.323 e. The monoisotopic (exact) mass is 463 g/mol. The van der Waals surface area contributed by atoms with Gasteiger partial charge in [0.25, 0.3) is 0 Å². The van der Waals surface area contributed by atoms with Crippen LogP contribution in [0.25, 0.3) is 0 Å². The summed E-state index contributed by atoms with van der Waals surface area (Å²) >= 11 is 6.45. The van der Waals surface area contributed by atoms with Gasteiger partial charge < -0.3 is 34.8 Å². The molecule has 0 bridgehead atoms. The van der Waals surface area contributed by atoms with Gasteiger partial charge in [-0.3, -0.25) is 4.79 Å². The lowest BCUT2D eigenvalue weighted by Crippen LogP contribution is -2.47. The van der Waals surface area contributed by atoms with Crippen LogP contribution >= 0.6 is 11.6 Å². The first-order valence-electron chi connectivity index (χ1n) is 10.5. The molecular weight excluding hydrogens is 438 g/mol. The molecule has 0 saturated carbocycles. The minimum atomic E-state index is -1.13. The zero-order chi connectivity index (χ0) is 22.8. The number of aliphatic carboxylic acids is 1. The van der Waals surface area contributed by atoms with Crippen molar-refractivity contribution in [2.45, 2.75) is 37.3 Å². The molecule has 0 radical (unpaired) electrons. The largest absolute Gasteiger partial charge is 0.490 e. The highest BCUT2D eigenvalue weighted by molar-refractivity contribution is 6.31. The molecule has 2 aromatic rings. The normalized spacial score (nSPS) is 25.2. The Hall–Kier alpha value is -2.36. The van der Waals surface area contributed by atoms with Gasteiger partial charge in [0.1, 0.15) is 31.1 Å². The van der Waals surface area contributed by atoms with Gasteiger partial charge in [-0.1, -0.05) is 29.8 Å². The molecule has 1 saturated heterocycles. The van der Waals surface area contributed by atoms with Gasteiger partial charge in [0.2, 0.25) is 0 Å². The number of nitrogens with zero attached hydrogens (tertiary/aromatic N) is 1. The Bertz CT molecular complexity index is 985. The fraction of sp³-hybridized carbons (Fsp3) is 0.435. The first-order chi connectivity index (χ1) is 15.4. The smallest absolute Gasteiger partial charge is 0.323 e. The summed E-state index contributed by atoms with van der Waals surface area (Å²) in [5.74, 6) is -0.251. The van der Waals surface area contributed by atoms with Crippen molar-refractivity contribution in [2.75, 3.05) is 31.2 Å². The number of benzene rings is 2.